The average molecular weight is 342 g/mol. The second-order valence-corrected chi connectivity index (χ2v) is 6.34. The summed E-state index contributed by atoms with van der Waals surface area (Å²) in [5.41, 5.74) is 3.71. The molecular formula is C12H12BrN3O2S. The summed E-state index contributed by atoms with van der Waals surface area (Å²) < 4.78 is 24.8. The molecule has 5 nitrogen and oxygen atoms in total. The number of halogens is 1. The Labute approximate surface area is 119 Å². The summed E-state index contributed by atoms with van der Waals surface area (Å²) in [7, 11) is -3.62. The zero-order valence-electron chi connectivity index (χ0n) is 9.85. The van der Waals surface area contributed by atoms with Gasteiger partial charge in [-0.05, 0) is 36.4 Å². The van der Waals surface area contributed by atoms with Gasteiger partial charge < -0.3 is 10.4 Å². The molecule has 100 valence electrons. The number of H-pyrrole nitrogens is 1. The third-order valence-corrected chi connectivity index (χ3v) is 4.18. The number of sulfonamides is 1. The topological polar surface area (TPSA) is 74.0 Å². The first kappa shape index (κ1) is 13.9. The van der Waals surface area contributed by atoms with Crippen molar-refractivity contribution in [2.24, 2.45) is 0 Å². The Morgan fingerprint density at radius 2 is 1.89 bits per heavy atom. The van der Waals surface area contributed by atoms with E-state index in [9.17, 15) is 8.42 Å². The molecule has 2 aromatic rings. The fraction of sp³-hybridized carbons (Fsp3) is 0. The lowest BCUT2D eigenvalue weighted by Gasteiger charge is -2.10. The number of aromatic nitrogens is 1. The van der Waals surface area contributed by atoms with Gasteiger partial charge in [0.1, 0.15) is 0 Å². The van der Waals surface area contributed by atoms with Crippen LogP contribution in [-0.4, -0.2) is 13.4 Å². The van der Waals surface area contributed by atoms with E-state index in [4.69, 9.17) is 0 Å². The molecule has 0 saturated heterocycles. The minimum Gasteiger partial charge on any atom is -0.360 e. The third-order valence-electron chi connectivity index (χ3n) is 2.38. The molecule has 3 N–H and O–H groups in total. The monoisotopic (exact) mass is 341 g/mol. The van der Waals surface area contributed by atoms with Gasteiger partial charge in [0.25, 0.3) is 10.0 Å². The van der Waals surface area contributed by atoms with E-state index < -0.39 is 10.0 Å². The maximum Gasteiger partial charge on any atom is 0.257 e. The van der Waals surface area contributed by atoms with Crippen molar-refractivity contribution < 1.29 is 8.42 Å². The van der Waals surface area contributed by atoms with Gasteiger partial charge in [-0.15, -0.1) is 4.83 Å². The van der Waals surface area contributed by atoms with Crippen LogP contribution in [0.15, 0.2) is 58.5 Å². The maximum absolute atomic E-state index is 12.0. The van der Waals surface area contributed by atoms with Gasteiger partial charge in [-0.2, -0.15) is 0 Å². The van der Waals surface area contributed by atoms with Gasteiger partial charge in [-0.3, -0.25) is 0 Å². The van der Waals surface area contributed by atoms with Gasteiger partial charge in [0.05, 0.1) is 16.3 Å². The van der Waals surface area contributed by atoms with Crippen LogP contribution in [0.4, 0.5) is 0 Å². The lowest BCUT2D eigenvalue weighted by atomic mass is 10.4. The molecule has 1 heterocycles. The van der Waals surface area contributed by atoms with E-state index >= 15 is 0 Å². The lowest BCUT2D eigenvalue weighted by Crippen LogP contribution is -2.35. The van der Waals surface area contributed by atoms with Gasteiger partial charge in [0.2, 0.25) is 0 Å². The quantitative estimate of drug-likeness (QED) is 0.730. The second-order valence-electron chi connectivity index (χ2n) is 3.75. The molecule has 2 rings (SSSR count). The molecule has 0 aliphatic carbocycles. The first-order chi connectivity index (χ1) is 8.99. The van der Waals surface area contributed by atoms with Crippen LogP contribution in [0.5, 0.6) is 0 Å². The van der Waals surface area contributed by atoms with Crippen LogP contribution in [0.2, 0.25) is 0 Å². The highest BCUT2D eigenvalue weighted by Crippen LogP contribution is 2.14. The molecule has 19 heavy (non-hydrogen) atoms. The number of hydrogen-bond acceptors (Lipinski definition) is 3. The van der Waals surface area contributed by atoms with E-state index in [1.54, 1.807) is 30.5 Å². The van der Waals surface area contributed by atoms with Crippen molar-refractivity contribution in [3.63, 3.8) is 0 Å². The Morgan fingerprint density at radius 3 is 2.47 bits per heavy atom. The number of nitrogens with one attached hydrogen (secondary N) is 3. The van der Waals surface area contributed by atoms with Crippen molar-refractivity contribution in [3.05, 3.63) is 59.3 Å². The smallest absolute Gasteiger partial charge is 0.257 e. The average Bonchev–Trinajstić information content (AvgIpc) is 2.90. The van der Waals surface area contributed by atoms with Gasteiger partial charge in [0, 0.05) is 10.7 Å². The molecule has 1 aromatic carbocycles. The fourth-order valence-corrected chi connectivity index (χ4v) is 2.52. The molecule has 0 spiro atoms. The highest BCUT2D eigenvalue weighted by Gasteiger charge is 2.13. The van der Waals surface area contributed by atoms with E-state index in [0.29, 0.717) is 11.4 Å². The predicted molar refractivity (Wildman–Crippen MR) is 77.4 cm³/mol. The number of hydrogen-bond donors (Lipinski definition) is 3. The van der Waals surface area contributed by atoms with E-state index in [2.05, 4.69) is 37.7 Å². The Hall–Kier alpha value is -1.57. The molecule has 0 bridgehead atoms. The van der Waals surface area contributed by atoms with Gasteiger partial charge in [-0.1, -0.05) is 22.5 Å². The third kappa shape index (κ3) is 3.46. The Balaban J connectivity index is 2.06. The molecular weight excluding hydrogens is 330 g/mol. The van der Waals surface area contributed by atoms with E-state index in [1.807, 2.05) is 0 Å². The molecule has 0 aliphatic rings. The predicted octanol–water partition coefficient (Wildman–Crippen LogP) is 2.23. The lowest BCUT2D eigenvalue weighted by molar-refractivity contribution is 0.576. The second kappa shape index (κ2) is 5.60. The zero-order valence-corrected chi connectivity index (χ0v) is 12.3. The normalized spacial score (nSPS) is 11.2. The molecule has 0 amide bonds. The van der Waals surface area contributed by atoms with Crippen LogP contribution in [0.25, 0.3) is 5.70 Å². The van der Waals surface area contributed by atoms with Crippen molar-refractivity contribution in [1.29, 1.82) is 0 Å². The summed E-state index contributed by atoms with van der Waals surface area (Å²) >= 11 is 3.25. The van der Waals surface area contributed by atoms with Crippen molar-refractivity contribution in [2.75, 3.05) is 0 Å². The number of aromatic amines is 1. The van der Waals surface area contributed by atoms with Gasteiger partial charge in [-0.25, -0.2) is 8.42 Å². The molecule has 0 unspecified atom stereocenters. The summed E-state index contributed by atoms with van der Waals surface area (Å²) in [5, 5.41) is 0. The fourth-order valence-electron chi connectivity index (χ4n) is 1.39. The van der Waals surface area contributed by atoms with Gasteiger partial charge in [0.15, 0.2) is 0 Å². The van der Waals surface area contributed by atoms with Crippen molar-refractivity contribution in [3.8, 4) is 0 Å². The van der Waals surface area contributed by atoms with E-state index in [1.165, 1.54) is 12.1 Å². The Morgan fingerprint density at radius 1 is 1.21 bits per heavy atom. The van der Waals surface area contributed by atoms with Crippen LogP contribution in [0.1, 0.15) is 5.69 Å². The molecule has 0 aliphatic heterocycles. The van der Waals surface area contributed by atoms with Crippen LogP contribution >= 0.6 is 15.9 Å². The molecule has 1 aromatic heterocycles. The van der Waals surface area contributed by atoms with Crippen LogP contribution < -0.4 is 10.3 Å². The van der Waals surface area contributed by atoms with E-state index in [-0.39, 0.29) is 4.90 Å². The molecule has 0 fully saturated rings. The highest BCUT2D eigenvalue weighted by atomic mass is 79.9. The largest absolute Gasteiger partial charge is 0.360 e. The Kier molecular flexibility index (Phi) is 4.08. The first-order valence-corrected chi connectivity index (χ1v) is 7.63. The molecule has 0 atom stereocenters. The number of rotatable bonds is 5. The summed E-state index contributed by atoms with van der Waals surface area (Å²) in [4.78, 5) is 5.36. The summed E-state index contributed by atoms with van der Waals surface area (Å²) in [5.74, 6) is 0. The molecule has 7 heteroatoms. The van der Waals surface area contributed by atoms with Crippen LogP contribution in [0.3, 0.4) is 0 Å². The van der Waals surface area contributed by atoms with Gasteiger partial charge >= 0.3 is 0 Å². The van der Waals surface area contributed by atoms with Crippen LogP contribution in [-0.2, 0) is 10.0 Å². The summed E-state index contributed by atoms with van der Waals surface area (Å²) in [6, 6.07) is 9.91. The van der Waals surface area contributed by atoms with Crippen molar-refractivity contribution in [2.45, 2.75) is 4.90 Å². The zero-order chi connectivity index (χ0) is 13.9. The SMILES string of the molecule is C=C(NNS(=O)(=O)c1ccc(Br)cc1)c1ccc[nH]1. The maximum atomic E-state index is 12.0. The summed E-state index contributed by atoms with van der Waals surface area (Å²) in [6.45, 7) is 3.73. The minimum absolute atomic E-state index is 0.169. The van der Waals surface area contributed by atoms with Crippen molar-refractivity contribution in [1.82, 2.24) is 15.2 Å². The van der Waals surface area contributed by atoms with Crippen molar-refractivity contribution >= 4 is 31.7 Å². The molecule has 0 saturated carbocycles. The minimum atomic E-state index is -3.62. The summed E-state index contributed by atoms with van der Waals surface area (Å²) in [6.07, 6.45) is 1.73. The Bertz CT molecular complexity index is 664. The first-order valence-electron chi connectivity index (χ1n) is 5.35. The standard InChI is InChI=1S/C12H12BrN3O2S/c1-9(12-3-2-8-14-12)15-16-19(17,18)11-6-4-10(13)5-7-11/h2-8,14-16H,1H2. The van der Waals surface area contributed by atoms with E-state index in [0.717, 1.165) is 4.47 Å². The number of benzene rings is 1. The van der Waals surface area contributed by atoms with Crippen LogP contribution in [0, 0.1) is 0 Å². The number of hydrazine groups is 1. The molecule has 0 radical (unpaired) electrons. The highest BCUT2D eigenvalue weighted by molar-refractivity contribution is 9.10.